The third-order valence-corrected chi connectivity index (χ3v) is 4.03. The summed E-state index contributed by atoms with van der Waals surface area (Å²) in [7, 11) is 1.28. The molecule has 1 aromatic heterocycles. The molecular formula is C22H19N3O4. The molecule has 0 fully saturated rings. The molecule has 2 aromatic carbocycles. The quantitative estimate of drug-likeness (QED) is 0.649. The van der Waals surface area contributed by atoms with Crippen molar-refractivity contribution in [3.63, 3.8) is 0 Å². The van der Waals surface area contributed by atoms with Gasteiger partial charge in [-0.15, -0.1) is 0 Å². The fourth-order valence-electron chi connectivity index (χ4n) is 2.64. The molecule has 0 bridgehead atoms. The van der Waals surface area contributed by atoms with Crippen molar-refractivity contribution >= 4 is 29.2 Å². The van der Waals surface area contributed by atoms with Gasteiger partial charge in [-0.3, -0.25) is 9.59 Å². The standard InChI is InChI=1S/C22H19N3O4/c1-14-6-3-8-16(12-14)23-20(26)18-10-5-11-19(25-18)21(27)24-17-9-4-7-15(13-17)22(28)29-2/h3-13H,1-2H3,(H,23,26)(H,24,27). The van der Waals surface area contributed by atoms with Gasteiger partial charge in [0.05, 0.1) is 12.7 Å². The van der Waals surface area contributed by atoms with E-state index in [9.17, 15) is 14.4 Å². The minimum atomic E-state index is -0.506. The molecule has 0 atom stereocenters. The lowest BCUT2D eigenvalue weighted by Crippen LogP contribution is -2.18. The summed E-state index contributed by atoms with van der Waals surface area (Å²) in [5, 5.41) is 5.42. The smallest absolute Gasteiger partial charge is 0.337 e. The molecule has 1 heterocycles. The molecule has 0 unspecified atom stereocenters. The molecule has 0 saturated heterocycles. The Hall–Kier alpha value is -4.00. The van der Waals surface area contributed by atoms with Crippen molar-refractivity contribution in [1.29, 1.82) is 0 Å². The zero-order valence-corrected chi connectivity index (χ0v) is 15.9. The highest BCUT2D eigenvalue weighted by molar-refractivity contribution is 6.06. The van der Waals surface area contributed by atoms with Crippen molar-refractivity contribution in [2.24, 2.45) is 0 Å². The van der Waals surface area contributed by atoms with E-state index in [4.69, 9.17) is 0 Å². The van der Waals surface area contributed by atoms with E-state index < -0.39 is 17.8 Å². The van der Waals surface area contributed by atoms with Crippen molar-refractivity contribution in [1.82, 2.24) is 4.98 Å². The Bertz CT molecular complexity index is 1080. The zero-order valence-electron chi connectivity index (χ0n) is 15.9. The summed E-state index contributed by atoms with van der Waals surface area (Å²) >= 11 is 0. The highest BCUT2D eigenvalue weighted by atomic mass is 16.5. The second-order valence-electron chi connectivity index (χ2n) is 6.26. The summed E-state index contributed by atoms with van der Waals surface area (Å²) in [6.45, 7) is 1.92. The maximum absolute atomic E-state index is 12.5. The highest BCUT2D eigenvalue weighted by Crippen LogP contribution is 2.14. The number of aromatic nitrogens is 1. The summed E-state index contributed by atoms with van der Waals surface area (Å²) in [5.41, 5.74) is 2.57. The minimum Gasteiger partial charge on any atom is -0.465 e. The van der Waals surface area contributed by atoms with Crippen LogP contribution >= 0.6 is 0 Å². The summed E-state index contributed by atoms with van der Waals surface area (Å²) in [6, 6.07) is 18.3. The van der Waals surface area contributed by atoms with E-state index in [2.05, 4.69) is 20.4 Å². The van der Waals surface area contributed by atoms with E-state index in [0.29, 0.717) is 16.9 Å². The Labute approximate surface area is 167 Å². The molecule has 3 aromatic rings. The van der Waals surface area contributed by atoms with E-state index in [0.717, 1.165) is 5.56 Å². The molecule has 146 valence electrons. The van der Waals surface area contributed by atoms with Crippen LogP contribution in [0.4, 0.5) is 11.4 Å². The van der Waals surface area contributed by atoms with Crippen LogP contribution in [0.25, 0.3) is 0 Å². The third kappa shape index (κ3) is 5.04. The Morgan fingerprint density at radius 2 is 1.34 bits per heavy atom. The lowest BCUT2D eigenvalue weighted by atomic mass is 10.2. The maximum atomic E-state index is 12.5. The predicted octanol–water partition coefficient (Wildman–Crippen LogP) is 3.68. The molecule has 0 aliphatic heterocycles. The second kappa shape index (κ2) is 8.79. The van der Waals surface area contributed by atoms with Crippen LogP contribution in [0.2, 0.25) is 0 Å². The number of anilines is 2. The number of pyridine rings is 1. The van der Waals surface area contributed by atoms with Gasteiger partial charge in [0.25, 0.3) is 11.8 Å². The molecular weight excluding hydrogens is 370 g/mol. The van der Waals surface area contributed by atoms with Gasteiger partial charge in [-0.05, 0) is 55.0 Å². The molecule has 0 radical (unpaired) electrons. The molecule has 7 heteroatoms. The topological polar surface area (TPSA) is 97.4 Å². The number of carbonyl (C=O) groups is 3. The summed E-state index contributed by atoms with van der Waals surface area (Å²) in [5.74, 6) is -1.43. The molecule has 0 saturated carbocycles. The van der Waals surface area contributed by atoms with Gasteiger partial charge in [0.2, 0.25) is 0 Å². The molecule has 29 heavy (non-hydrogen) atoms. The van der Waals surface area contributed by atoms with E-state index >= 15 is 0 Å². The SMILES string of the molecule is COC(=O)c1cccc(NC(=O)c2cccc(C(=O)Nc3cccc(C)c3)n2)c1. The van der Waals surface area contributed by atoms with Crippen LogP contribution in [0.5, 0.6) is 0 Å². The molecule has 2 amide bonds. The number of hydrogen-bond donors (Lipinski definition) is 2. The first kappa shape index (κ1) is 19.8. The monoisotopic (exact) mass is 389 g/mol. The molecule has 7 nitrogen and oxygen atoms in total. The number of carbonyl (C=O) groups excluding carboxylic acids is 3. The second-order valence-corrected chi connectivity index (χ2v) is 6.26. The number of rotatable bonds is 5. The Balaban J connectivity index is 1.74. The summed E-state index contributed by atoms with van der Waals surface area (Å²) < 4.78 is 4.67. The van der Waals surface area contributed by atoms with Crippen molar-refractivity contribution in [3.05, 3.63) is 89.2 Å². The van der Waals surface area contributed by atoms with Crippen molar-refractivity contribution < 1.29 is 19.1 Å². The fourth-order valence-corrected chi connectivity index (χ4v) is 2.64. The van der Waals surface area contributed by atoms with E-state index in [-0.39, 0.29) is 11.4 Å². The van der Waals surface area contributed by atoms with E-state index in [1.54, 1.807) is 30.3 Å². The van der Waals surface area contributed by atoms with Gasteiger partial charge >= 0.3 is 5.97 Å². The first-order valence-corrected chi connectivity index (χ1v) is 8.81. The van der Waals surface area contributed by atoms with E-state index in [1.807, 2.05) is 25.1 Å². The third-order valence-electron chi connectivity index (χ3n) is 4.03. The molecule has 0 aliphatic carbocycles. The lowest BCUT2D eigenvalue weighted by Gasteiger charge is -2.08. The number of benzene rings is 2. The minimum absolute atomic E-state index is 0.0744. The average molecular weight is 389 g/mol. The van der Waals surface area contributed by atoms with Crippen molar-refractivity contribution in [3.8, 4) is 0 Å². The van der Waals surface area contributed by atoms with Crippen LogP contribution < -0.4 is 10.6 Å². The molecule has 0 aliphatic rings. The van der Waals surface area contributed by atoms with Crippen LogP contribution in [0.3, 0.4) is 0 Å². The molecule has 0 spiro atoms. The van der Waals surface area contributed by atoms with Crippen LogP contribution in [0.15, 0.2) is 66.7 Å². The summed E-state index contributed by atoms with van der Waals surface area (Å²) in [4.78, 5) is 40.7. The van der Waals surface area contributed by atoms with Gasteiger partial charge in [-0.2, -0.15) is 0 Å². The number of aryl methyl sites for hydroxylation is 1. The average Bonchev–Trinajstić information content (AvgIpc) is 2.73. The number of esters is 1. The van der Waals surface area contributed by atoms with Crippen molar-refractivity contribution in [2.75, 3.05) is 17.7 Å². The Morgan fingerprint density at radius 3 is 1.93 bits per heavy atom. The lowest BCUT2D eigenvalue weighted by molar-refractivity contribution is 0.0600. The van der Waals surface area contributed by atoms with Crippen molar-refractivity contribution in [2.45, 2.75) is 6.92 Å². The number of ether oxygens (including phenoxy) is 1. The van der Waals surface area contributed by atoms with Gasteiger partial charge in [-0.1, -0.05) is 24.3 Å². The van der Waals surface area contributed by atoms with Gasteiger partial charge in [0, 0.05) is 11.4 Å². The van der Waals surface area contributed by atoms with Gasteiger partial charge in [0.15, 0.2) is 0 Å². The fraction of sp³-hybridized carbons (Fsp3) is 0.0909. The van der Waals surface area contributed by atoms with Crippen LogP contribution in [-0.2, 0) is 4.74 Å². The molecule has 3 rings (SSSR count). The largest absolute Gasteiger partial charge is 0.465 e. The van der Waals surface area contributed by atoms with E-state index in [1.165, 1.54) is 25.3 Å². The number of amides is 2. The van der Waals surface area contributed by atoms with Gasteiger partial charge in [0.1, 0.15) is 11.4 Å². The number of nitrogens with zero attached hydrogens (tertiary/aromatic N) is 1. The number of hydrogen-bond acceptors (Lipinski definition) is 5. The normalized spacial score (nSPS) is 10.1. The summed E-state index contributed by atoms with van der Waals surface area (Å²) in [6.07, 6.45) is 0. The first-order valence-electron chi connectivity index (χ1n) is 8.81. The van der Waals surface area contributed by atoms with Crippen LogP contribution in [0, 0.1) is 6.92 Å². The van der Waals surface area contributed by atoms with Crippen LogP contribution in [-0.4, -0.2) is 29.9 Å². The van der Waals surface area contributed by atoms with Crippen LogP contribution in [0.1, 0.15) is 36.9 Å². The predicted molar refractivity (Wildman–Crippen MR) is 109 cm³/mol. The number of methoxy groups -OCH3 is 1. The maximum Gasteiger partial charge on any atom is 0.337 e. The number of nitrogens with one attached hydrogen (secondary N) is 2. The highest BCUT2D eigenvalue weighted by Gasteiger charge is 2.14. The Kier molecular flexibility index (Phi) is 5.99. The zero-order chi connectivity index (χ0) is 20.8. The van der Waals surface area contributed by atoms with Gasteiger partial charge in [-0.25, -0.2) is 9.78 Å². The van der Waals surface area contributed by atoms with Gasteiger partial charge < -0.3 is 15.4 Å². The Morgan fingerprint density at radius 1 is 0.793 bits per heavy atom. The molecule has 2 N–H and O–H groups in total. The first-order chi connectivity index (χ1) is 14.0.